The number of anilines is 8. The second-order valence-electron chi connectivity index (χ2n) is 17.9. The molecule has 7 aromatic rings. The second-order valence-corrected chi connectivity index (χ2v) is 17.9. The van der Waals surface area contributed by atoms with Gasteiger partial charge in [0.2, 0.25) is 0 Å². The van der Waals surface area contributed by atoms with Crippen molar-refractivity contribution in [1.29, 1.82) is 0 Å². The van der Waals surface area contributed by atoms with Gasteiger partial charge in [-0.1, -0.05) is 136 Å². The van der Waals surface area contributed by atoms with Crippen molar-refractivity contribution in [3.8, 4) is 22.3 Å². The van der Waals surface area contributed by atoms with Gasteiger partial charge in [0.15, 0.2) is 0 Å². The van der Waals surface area contributed by atoms with Crippen LogP contribution in [0.1, 0.15) is 61.1 Å². The monoisotopic (exact) mass is 718 g/mol. The first kappa shape index (κ1) is 31.1. The van der Waals surface area contributed by atoms with Gasteiger partial charge in [-0.3, -0.25) is 0 Å². The van der Waals surface area contributed by atoms with E-state index in [0.29, 0.717) is 0 Å². The lowest BCUT2D eigenvalue weighted by atomic mass is 9.53. The fourth-order valence-corrected chi connectivity index (χ4v) is 11.7. The van der Waals surface area contributed by atoms with E-state index in [1.807, 2.05) is 0 Å². The van der Waals surface area contributed by atoms with Gasteiger partial charge < -0.3 is 19.2 Å². The Morgan fingerprint density at radius 1 is 0.357 bits per heavy atom. The SMILES string of the molecule is Cc1ccc2c(c1)C(C)(C)c1cccc3c1N2B1c2cc4c(cc2-c2ccccc2N13)B1N(c2ccccc2-4)c2cccc3c2N1c1ccc(C)cc1C3(C)C. The average molecular weight is 719 g/mol. The average Bonchev–Trinajstić information content (AvgIpc) is 3.74. The predicted molar refractivity (Wildman–Crippen MR) is 236 cm³/mol. The highest BCUT2D eigenvalue weighted by Gasteiger charge is 2.56. The maximum Gasteiger partial charge on any atom is 0.421 e. The fraction of sp³-hybridized carbons (Fsp3) is 0.160. The van der Waals surface area contributed by atoms with Crippen molar-refractivity contribution < 1.29 is 0 Å². The van der Waals surface area contributed by atoms with E-state index in [1.54, 1.807) is 0 Å². The molecule has 0 saturated heterocycles. The van der Waals surface area contributed by atoms with Crippen LogP contribution in [0.5, 0.6) is 0 Å². The van der Waals surface area contributed by atoms with E-state index < -0.39 is 0 Å². The van der Waals surface area contributed by atoms with Crippen molar-refractivity contribution in [3.05, 3.63) is 167 Å². The topological polar surface area (TPSA) is 13.0 Å². The van der Waals surface area contributed by atoms with Crippen LogP contribution in [0.4, 0.5) is 45.5 Å². The van der Waals surface area contributed by atoms with Crippen molar-refractivity contribution in [3.63, 3.8) is 0 Å². The van der Waals surface area contributed by atoms with Crippen molar-refractivity contribution >= 4 is 70.4 Å². The quantitative estimate of drug-likeness (QED) is 0.145. The van der Waals surface area contributed by atoms with Crippen LogP contribution < -0.4 is 30.2 Å². The highest BCUT2D eigenvalue weighted by atomic mass is 15.3. The first-order valence-corrected chi connectivity index (χ1v) is 20.2. The molecule has 266 valence electrons. The molecule has 0 radical (unpaired) electrons. The molecule has 0 atom stereocenters. The molecule has 6 heterocycles. The smallest absolute Gasteiger partial charge is 0.359 e. The van der Waals surface area contributed by atoms with E-state index in [-0.39, 0.29) is 24.8 Å². The zero-order valence-corrected chi connectivity index (χ0v) is 32.6. The minimum Gasteiger partial charge on any atom is -0.359 e. The number of benzene rings is 7. The van der Waals surface area contributed by atoms with Gasteiger partial charge in [0.05, 0.1) is 22.7 Å². The van der Waals surface area contributed by atoms with Gasteiger partial charge in [-0.15, -0.1) is 0 Å². The van der Waals surface area contributed by atoms with E-state index in [1.165, 1.54) is 112 Å². The summed E-state index contributed by atoms with van der Waals surface area (Å²) in [5, 5.41) is 0. The number of rotatable bonds is 0. The second kappa shape index (κ2) is 9.99. The van der Waals surface area contributed by atoms with Crippen LogP contribution in [0.15, 0.2) is 133 Å². The molecule has 0 unspecified atom stereocenters. The van der Waals surface area contributed by atoms with Gasteiger partial charge in [-0.2, -0.15) is 0 Å². The summed E-state index contributed by atoms with van der Waals surface area (Å²) in [6.07, 6.45) is 0. The molecule has 6 aliphatic rings. The molecule has 7 aromatic carbocycles. The third-order valence-corrected chi connectivity index (χ3v) is 14.2. The lowest BCUT2D eigenvalue weighted by Crippen LogP contribution is -2.60. The normalized spacial score (nSPS) is 17.2. The van der Waals surface area contributed by atoms with E-state index in [4.69, 9.17) is 0 Å². The van der Waals surface area contributed by atoms with E-state index >= 15 is 0 Å². The van der Waals surface area contributed by atoms with Crippen molar-refractivity contribution in [1.82, 2.24) is 0 Å². The Balaban J connectivity index is 1.11. The van der Waals surface area contributed by atoms with Gasteiger partial charge in [0.1, 0.15) is 0 Å². The molecule has 6 aliphatic heterocycles. The van der Waals surface area contributed by atoms with Crippen LogP contribution in [-0.4, -0.2) is 14.0 Å². The Morgan fingerprint density at radius 2 is 0.768 bits per heavy atom. The Hall–Kier alpha value is -6.13. The highest BCUT2D eigenvalue weighted by Crippen LogP contribution is 2.62. The summed E-state index contributed by atoms with van der Waals surface area (Å²) in [4.78, 5) is 10.6. The van der Waals surface area contributed by atoms with Crippen LogP contribution in [0.2, 0.25) is 0 Å². The molecule has 0 aromatic heterocycles. The van der Waals surface area contributed by atoms with Gasteiger partial charge >= 0.3 is 14.0 Å². The first-order chi connectivity index (χ1) is 27.1. The molecule has 0 fully saturated rings. The number of fused-ring (bicyclic) bond motifs is 20. The number of aryl methyl sites for hydroxylation is 2. The third-order valence-electron chi connectivity index (χ3n) is 14.2. The maximum absolute atomic E-state index is 2.68. The van der Waals surface area contributed by atoms with Gasteiger partial charge in [-0.25, -0.2) is 0 Å². The highest BCUT2D eigenvalue weighted by molar-refractivity contribution is 6.89. The van der Waals surface area contributed by atoms with Crippen molar-refractivity contribution in [2.24, 2.45) is 0 Å². The van der Waals surface area contributed by atoms with E-state index in [9.17, 15) is 0 Å². The molecule has 0 saturated carbocycles. The summed E-state index contributed by atoms with van der Waals surface area (Å²) in [6.45, 7) is 14.0. The van der Waals surface area contributed by atoms with Crippen LogP contribution in [0, 0.1) is 13.8 Å². The summed E-state index contributed by atoms with van der Waals surface area (Å²) >= 11 is 0. The van der Waals surface area contributed by atoms with Crippen LogP contribution in [0.3, 0.4) is 0 Å². The van der Waals surface area contributed by atoms with Crippen LogP contribution in [0.25, 0.3) is 22.3 Å². The zero-order chi connectivity index (χ0) is 37.6. The van der Waals surface area contributed by atoms with Gasteiger partial charge in [0, 0.05) is 44.7 Å². The van der Waals surface area contributed by atoms with Crippen molar-refractivity contribution in [2.75, 3.05) is 19.2 Å². The Kier molecular flexibility index (Phi) is 5.55. The molecule has 56 heavy (non-hydrogen) atoms. The summed E-state index contributed by atoms with van der Waals surface area (Å²) in [5.74, 6) is 0. The summed E-state index contributed by atoms with van der Waals surface area (Å²) < 4.78 is 0. The molecule has 0 N–H and O–H groups in total. The Labute approximate surface area is 329 Å². The number of hydrogen-bond donors (Lipinski definition) is 0. The fourth-order valence-electron chi connectivity index (χ4n) is 11.7. The van der Waals surface area contributed by atoms with Crippen LogP contribution >= 0.6 is 0 Å². The lowest BCUT2D eigenvalue weighted by Gasteiger charge is -2.44. The molecule has 4 nitrogen and oxygen atoms in total. The summed E-state index contributed by atoms with van der Waals surface area (Å²) in [7, 11) is 0. The molecule has 0 aliphatic carbocycles. The Morgan fingerprint density at radius 3 is 1.21 bits per heavy atom. The molecule has 13 rings (SSSR count). The minimum absolute atomic E-state index is 0.0315. The molecular formula is C50H40B2N4. The molecule has 0 bridgehead atoms. The standard InChI is InChI=1S/C50H40B2N4/c1-29-21-23-43-37(25-29)49(3,4)35-15-11-19-45-47(35)55(43)51-39-27-34-32-14-8-10-18-42(32)54-46-20-12-16-36-48(46)56(44-24-22-30(2)26-38(44)50(36,5)6)52(54)40(34)28-33(39)31-13-7-9-17-41(31)53(45)51/h7-28H,1-6H3. The molecule has 6 heteroatoms. The number of hydrogen-bond acceptors (Lipinski definition) is 4. The predicted octanol–water partition coefficient (Wildman–Crippen LogP) is 10.9. The van der Waals surface area contributed by atoms with Gasteiger partial charge in [-0.05, 0) is 94.6 Å². The van der Waals surface area contributed by atoms with E-state index in [0.717, 1.165) is 0 Å². The third kappa shape index (κ3) is 3.48. The Bertz CT molecular complexity index is 2760. The lowest BCUT2D eigenvalue weighted by molar-refractivity contribution is 0.634. The molecular weight excluding hydrogens is 678 g/mol. The largest absolute Gasteiger partial charge is 0.421 e. The summed E-state index contributed by atoms with van der Waals surface area (Å²) in [5.41, 5.74) is 26.3. The first-order valence-electron chi connectivity index (χ1n) is 20.2. The van der Waals surface area contributed by atoms with Crippen molar-refractivity contribution in [2.45, 2.75) is 52.4 Å². The summed E-state index contributed by atoms with van der Waals surface area (Å²) in [6, 6.07) is 51.6. The van der Waals surface area contributed by atoms with Gasteiger partial charge in [0.25, 0.3) is 0 Å². The molecule has 0 spiro atoms. The molecule has 0 amide bonds. The van der Waals surface area contributed by atoms with Crippen LogP contribution in [-0.2, 0) is 10.8 Å². The zero-order valence-electron chi connectivity index (χ0n) is 32.6. The maximum atomic E-state index is 2.68. The van der Waals surface area contributed by atoms with E-state index in [2.05, 4.69) is 194 Å². The number of nitrogens with zero attached hydrogens (tertiary/aromatic N) is 4. The minimum atomic E-state index is -0.132. The number of para-hydroxylation sites is 4.